The molecule has 0 aromatic rings. The Balaban J connectivity index is 4.10. The van der Waals surface area contributed by atoms with Crippen LogP contribution in [0.3, 0.4) is 0 Å². The topological polar surface area (TPSA) is 79.2 Å². The number of carbonyl (C=O) groups excluding carboxylic acids is 2. The summed E-state index contributed by atoms with van der Waals surface area (Å²) < 4.78 is 4.59. The van der Waals surface area contributed by atoms with Gasteiger partial charge in [0.15, 0.2) is 0 Å². The highest BCUT2D eigenvalue weighted by Gasteiger charge is 2.22. The zero-order valence-corrected chi connectivity index (χ0v) is 8.09. The van der Waals surface area contributed by atoms with Crippen molar-refractivity contribution in [1.82, 2.24) is 11.1 Å². The van der Waals surface area contributed by atoms with Gasteiger partial charge in [0.1, 0.15) is 6.04 Å². The van der Waals surface area contributed by atoms with Gasteiger partial charge in [-0.25, -0.2) is 4.79 Å². The summed E-state index contributed by atoms with van der Waals surface area (Å²) in [6.07, 6.45) is -0.651. The van der Waals surface area contributed by atoms with Crippen molar-refractivity contribution in [3.8, 4) is 0 Å². The van der Waals surface area contributed by atoms with E-state index < -0.39 is 18.0 Å². The molecule has 0 bridgehead atoms. The van der Waals surface area contributed by atoms with Crippen LogP contribution in [0.1, 0.15) is 20.8 Å². The molecular formula is C8H15N2O3. The zero-order valence-electron chi connectivity index (χ0n) is 8.09. The van der Waals surface area contributed by atoms with Gasteiger partial charge in [-0.2, -0.15) is 0 Å². The van der Waals surface area contributed by atoms with Crippen LogP contribution >= 0.6 is 0 Å². The molecule has 1 radical (unpaired) electrons. The van der Waals surface area contributed by atoms with E-state index >= 15 is 0 Å². The lowest BCUT2D eigenvalue weighted by Crippen LogP contribution is -2.45. The third kappa shape index (κ3) is 4.35. The summed E-state index contributed by atoms with van der Waals surface area (Å²) in [5, 5.41) is 2.32. The van der Waals surface area contributed by atoms with E-state index in [0.717, 1.165) is 0 Å². The Hall–Kier alpha value is -1.26. The van der Waals surface area contributed by atoms with Crippen LogP contribution in [0.4, 0.5) is 4.79 Å². The van der Waals surface area contributed by atoms with Gasteiger partial charge in [0.25, 0.3) is 5.91 Å². The maximum Gasteiger partial charge on any atom is 0.407 e. The molecule has 0 aliphatic carbocycles. The number of hydrogen-bond acceptors (Lipinski definition) is 3. The lowest BCUT2D eigenvalue weighted by Gasteiger charge is -2.17. The first-order valence-corrected chi connectivity index (χ1v) is 4.17. The van der Waals surface area contributed by atoms with Crippen molar-refractivity contribution in [3.63, 3.8) is 0 Å². The standard InChI is InChI=1S/C8H15N2O3/c1-4-13-8(12)10-6(5(2)3)7(9)11/h5-6,9H,4H2,1-3H3,(H,10,12). The number of carbonyl (C=O) groups is 2. The monoisotopic (exact) mass is 187 g/mol. The first-order chi connectivity index (χ1) is 5.99. The number of hydrogen-bond donors (Lipinski definition) is 1. The highest BCUT2D eigenvalue weighted by atomic mass is 16.5. The number of rotatable bonds is 4. The summed E-state index contributed by atoms with van der Waals surface area (Å²) in [7, 11) is 0. The van der Waals surface area contributed by atoms with E-state index in [9.17, 15) is 9.59 Å². The summed E-state index contributed by atoms with van der Waals surface area (Å²) in [5.74, 6) is -0.905. The first-order valence-electron chi connectivity index (χ1n) is 4.17. The highest BCUT2D eigenvalue weighted by Crippen LogP contribution is 2.01. The van der Waals surface area contributed by atoms with Crippen molar-refractivity contribution in [2.24, 2.45) is 5.92 Å². The maximum atomic E-state index is 10.9. The summed E-state index contributed by atoms with van der Waals surface area (Å²) >= 11 is 0. The van der Waals surface area contributed by atoms with E-state index in [1.165, 1.54) is 0 Å². The van der Waals surface area contributed by atoms with Gasteiger partial charge < -0.3 is 10.1 Å². The molecule has 0 saturated carbocycles. The largest absolute Gasteiger partial charge is 0.450 e. The minimum Gasteiger partial charge on any atom is -0.450 e. The molecular weight excluding hydrogens is 172 g/mol. The lowest BCUT2D eigenvalue weighted by molar-refractivity contribution is -0.121. The molecule has 5 heteroatoms. The Morgan fingerprint density at radius 2 is 2.00 bits per heavy atom. The zero-order chi connectivity index (χ0) is 10.4. The van der Waals surface area contributed by atoms with Gasteiger partial charge in [-0.05, 0) is 12.8 Å². The Morgan fingerprint density at radius 3 is 2.31 bits per heavy atom. The molecule has 5 nitrogen and oxygen atoms in total. The Kier molecular flexibility index (Phi) is 4.87. The minimum atomic E-state index is -0.803. The average molecular weight is 187 g/mol. The van der Waals surface area contributed by atoms with Gasteiger partial charge in [0.2, 0.25) is 0 Å². The third-order valence-electron chi connectivity index (χ3n) is 1.50. The highest BCUT2D eigenvalue weighted by molar-refractivity contribution is 5.83. The molecule has 0 saturated heterocycles. The predicted molar refractivity (Wildman–Crippen MR) is 46.9 cm³/mol. The fourth-order valence-corrected chi connectivity index (χ4v) is 0.835. The Morgan fingerprint density at radius 1 is 1.46 bits per heavy atom. The molecule has 2 N–H and O–H groups in total. The molecule has 0 rings (SSSR count). The maximum absolute atomic E-state index is 10.9. The van der Waals surface area contributed by atoms with Gasteiger partial charge in [0, 0.05) is 0 Å². The van der Waals surface area contributed by atoms with Crippen molar-refractivity contribution in [1.29, 1.82) is 0 Å². The van der Waals surface area contributed by atoms with E-state index in [0.29, 0.717) is 0 Å². The van der Waals surface area contributed by atoms with Crippen LogP contribution in [0, 0.1) is 5.92 Å². The quantitative estimate of drug-likeness (QED) is 0.698. The van der Waals surface area contributed by atoms with Gasteiger partial charge in [0.05, 0.1) is 6.61 Å². The molecule has 13 heavy (non-hydrogen) atoms. The third-order valence-corrected chi connectivity index (χ3v) is 1.50. The van der Waals surface area contributed by atoms with Crippen LogP contribution in [0.5, 0.6) is 0 Å². The Labute approximate surface area is 77.6 Å². The second-order valence-corrected chi connectivity index (χ2v) is 2.95. The fourth-order valence-electron chi connectivity index (χ4n) is 0.835. The van der Waals surface area contributed by atoms with Crippen molar-refractivity contribution in [3.05, 3.63) is 0 Å². The van der Waals surface area contributed by atoms with Crippen LogP contribution < -0.4 is 11.1 Å². The molecule has 2 amide bonds. The molecule has 0 aromatic heterocycles. The van der Waals surface area contributed by atoms with Crippen molar-refractivity contribution >= 4 is 12.0 Å². The first kappa shape index (κ1) is 11.7. The SMILES string of the molecule is CCOC(=O)NC(C([NH])=O)C(C)C. The molecule has 0 aliphatic heterocycles. The summed E-state index contributed by atoms with van der Waals surface area (Å²) in [6.45, 7) is 5.43. The van der Waals surface area contributed by atoms with Crippen molar-refractivity contribution in [2.45, 2.75) is 26.8 Å². The summed E-state index contributed by atoms with van der Waals surface area (Å²) in [5.41, 5.74) is 6.88. The molecule has 0 aliphatic rings. The molecule has 0 fully saturated rings. The van der Waals surface area contributed by atoms with Crippen LogP contribution in [0.15, 0.2) is 0 Å². The minimum absolute atomic E-state index is 0.102. The number of ether oxygens (including phenoxy) is 1. The van der Waals surface area contributed by atoms with E-state index in [-0.39, 0.29) is 12.5 Å². The Bertz CT molecular complexity index is 192. The van der Waals surface area contributed by atoms with Crippen LogP contribution in [0.2, 0.25) is 0 Å². The van der Waals surface area contributed by atoms with Gasteiger partial charge in [-0.1, -0.05) is 13.8 Å². The number of amides is 2. The van der Waals surface area contributed by atoms with Gasteiger partial charge >= 0.3 is 6.09 Å². The molecule has 75 valence electrons. The lowest BCUT2D eigenvalue weighted by atomic mass is 10.0. The number of alkyl carbamates (subject to hydrolysis) is 1. The normalized spacial score (nSPS) is 12.3. The summed E-state index contributed by atoms with van der Waals surface area (Å²) in [6, 6.07) is -0.779. The van der Waals surface area contributed by atoms with E-state index in [2.05, 4.69) is 10.1 Å². The molecule has 1 atom stereocenters. The van der Waals surface area contributed by atoms with Crippen LogP contribution in [0.25, 0.3) is 0 Å². The predicted octanol–water partition coefficient (Wildman–Crippen LogP) is 0.567. The van der Waals surface area contributed by atoms with Crippen molar-refractivity contribution < 1.29 is 14.3 Å². The second kappa shape index (κ2) is 5.40. The average Bonchev–Trinajstić information content (AvgIpc) is 1.99. The number of nitrogens with one attached hydrogen (secondary N) is 2. The fraction of sp³-hybridized carbons (Fsp3) is 0.750. The van der Waals surface area contributed by atoms with E-state index in [1.807, 2.05) is 0 Å². The molecule has 1 unspecified atom stereocenters. The molecule has 0 heterocycles. The van der Waals surface area contributed by atoms with Crippen LogP contribution in [-0.4, -0.2) is 24.6 Å². The summed E-state index contributed by atoms with van der Waals surface area (Å²) in [4.78, 5) is 21.6. The smallest absolute Gasteiger partial charge is 0.407 e. The molecule has 0 spiro atoms. The van der Waals surface area contributed by atoms with Crippen LogP contribution in [-0.2, 0) is 9.53 Å². The van der Waals surface area contributed by atoms with Gasteiger partial charge in [-0.3, -0.25) is 10.5 Å². The van der Waals surface area contributed by atoms with E-state index in [4.69, 9.17) is 5.73 Å². The molecule has 0 aromatic carbocycles. The second-order valence-electron chi connectivity index (χ2n) is 2.95. The van der Waals surface area contributed by atoms with Crippen molar-refractivity contribution in [2.75, 3.05) is 6.61 Å². The van der Waals surface area contributed by atoms with E-state index in [1.54, 1.807) is 20.8 Å². The van der Waals surface area contributed by atoms with Gasteiger partial charge in [-0.15, -0.1) is 0 Å².